The number of hydrogen-bond donors (Lipinski definition) is 1. The van der Waals surface area contributed by atoms with E-state index in [2.05, 4.69) is 0 Å². The van der Waals surface area contributed by atoms with Gasteiger partial charge in [-0.05, 0) is 49.8 Å². The minimum Gasteiger partial charge on any atom is -0.493 e. The van der Waals surface area contributed by atoms with E-state index in [1.54, 1.807) is 12.1 Å². The lowest BCUT2D eigenvalue weighted by Crippen LogP contribution is -2.39. The molecule has 2 fully saturated rings. The fourth-order valence-electron chi connectivity index (χ4n) is 3.34. The Kier molecular flexibility index (Phi) is 3.97. The first-order chi connectivity index (χ1) is 9.67. The molecule has 0 saturated heterocycles. The average molecular weight is 277 g/mol. The van der Waals surface area contributed by atoms with Crippen molar-refractivity contribution in [3.05, 3.63) is 29.6 Å². The van der Waals surface area contributed by atoms with Gasteiger partial charge in [0, 0.05) is 11.1 Å². The smallest absolute Gasteiger partial charge is 0.124 e. The number of benzene rings is 1. The van der Waals surface area contributed by atoms with Gasteiger partial charge in [0.1, 0.15) is 11.6 Å². The molecule has 110 valence electrons. The van der Waals surface area contributed by atoms with Crippen LogP contribution in [0.1, 0.15) is 56.9 Å². The lowest BCUT2D eigenvalue weighted by Gasteiger charge is -2.35. The van der Waals surface area contributed by atoms with Gasteiger partial charge in [-0.1, -0.05) is 25.7 Å². The predicted octanol–water partition coefficient (Wildman–Crippen LogP) is 4.12. The maximum atomic E-state index is 13.6. The van der Waals surface area contributed by atoms with Gasteiger partial charge < -0.3 is 10.5 Å². The van der Waals surface area contributed by atoms with Crippen LogP contribution in [0.15, 0.2) is 18.2 Å². The Morgan fingerprint density at radius 2 is 1.90 bits per heavy atom. The first-order valence-electron chi connectivity index (χ1n) is 7.89. The van der Waals surface area contributed by atoms with E-state index in [1.807, 2.05) is 0 Å². The molecule has 0 atom stereocenters. The third kappa shape index (κ3) is 2.83. The van der Waals surface area contributed by atoms with Crippen molar-refractivity contribution in [3.8, 4) is 5.75 Å². The van der Waals surface area contributed by atoms with Crippen LogP contribution in [-0.4, -0.2) is 6.61 Å². The fourth-order valence-corrected chi connectivity index (χ4v) is 3.34. The fraction of sp³-hybridized carbons (Fsp3) is 0.647. The number of ether oxygens (including phenoxy) is 1. The zero-order valence-electron chi connectivity index (χ0n) is 12.0. The molecule has 0 spiro atoms. The summed E-state index contributed by atoms with van der Waals surface area (Å²) in [5.74, 6) is 1.25. The Balaban J connectivity index is 1.81. The van der Waals surface area contributed by atoms with Crippen LogP contribution in [0.4, 0.5) is 4.39 Å². The van der Waals surface area contributed by atoms with Crippen LogP contribution in [0.25, 0.3) is 0 Å². The van der Waals surface area contributed by atoms with Gasteiger partial charge in [-0.3, -0.25) is 0 Å². The summed E-state index contributed by atoms with van der Waals surface area (Å²) in [5, 5.41) is 0. The van der Waals surface area contributed by atoms with E-state index >= 15 is 0 Å². The van der Waals surface area contributed by atoms with Gasteiger partial charge in [-0.15, -0.1) is 0 Å². The lowest BCUT2D eigenvalue weighted by atomic mass is 9.77. The Morgan fingerprint density at radius 3 is 2.55 bits per heavy atom. The maximum Gasteiger partial charge on any atom is 0.124 e. The second-order valence-electron chi connectivity index (χ2n) is 6.47. The monoisotopic (exact) mass is 277 g/mol. The van der Waals surface area contributed by atoms with Crippen molar-refractivity contribution in [2.75, 3.05) is 6.61 Å². The van der Waals surface area contributed by atoms with E-state index in [0.29, 0.717) is 5.92 Å². The molecule has 20 heavy (non-hydrogen) atoms. The molecule has 3 rings (SSSR count). The van der Waals surface area contributed by atoms with Crippen molar-refractivity contribution in [1.82, 2.24) is 0 Å². The second-order valence-corrected chi connectivity index (χ2v) is 6.47. The molecule has 0 unspecified atom stereocenters. The molecular weight excluding hydrogens is 253 g/mol. The van der Waals surface area contributed by atoms with Gasteiger partial charge >= 0.3 is 0 Å². The average Bonchev–Trinajstić information content (AvgIpc) is 2.39. The van der Waals surface area contributed by atoms with Crippen molar-refractivity contribution < 1.29 is 9.13 Å². The molecule has 0 heterocycles. The minimum absolute atomic E-state index is 0.216. The van der Waals surface area contributed by atoms with E-state index in [9.17, 15) is 4.39 Å². The highest BCUT2D eigenvalue weighted by Crippen LogP contribution is 2.40. The summed E-state index contributed by atoms with van der Waals surface area (Å²) >= 11 is 0. The minimum atomic E-state index is -0.407. The topological polar surface area (TPSA) is 35.2 Å². The molecule has 2 nitrogen and oxygen atoms in total. The van der Waals surface area contributed by atoms with Crippen LogP contribution in [0.3, 0.4) is 0 Å². The number of halogens is 1. The van der Waals surface area contributed by atoms with Crippen LogP contribution < -0.4 is 10.5 Å². The molecule has 0 aliphatic heterocycles. The summed E-state index contributed by atoms with van der Waals surface area (Å²) < 4.78 is 19.6. The molecule has 2 saturated carbocycles. The lowest BCUT2D eigenvalue weighted by molar-refractivity contribution is 0.174. The summed E-state index contributed by atoms with van der Waals surface area (Å²) in [7, 11) is 0. The molecular formula is C17H24FNO. The predicted molar refractivity (Wildman–Crippen MR) is 78.2 cm³/mol. The number of hydrogen-bond acceptors (Lipinski definition) is 2. The second kappa shape index (κ2) is 5.72. The standard InChI is InChI=1S/C17H24FNO/c18-14-7-8-16(20-12-13-5-4-6-13)15(11-14)17(19)9-2-1-3-10-17/h7-8,11,13H,1-6,9-10,12,19H2. The molecule has 2 N–H and O–H groups in total. The third-order valence-electron chi connectivity index (χ3n) is 4.92. The maximum absolute atomic E-state index is 13.6. The van der Waals surface area contributed by atoms with E-state index in [0.717, 1.165) is 43.6 Å². The quantitative estimate of drug-likeness (QED) is 0.898. The molecule has 1 aromatic rings. The zero-order chi connectivity index (χ0) is 14.0. The Morgan fingerprint density at radius 1 is 1.15 bits per heavy atom. The van der Waals surface area contributed by atoms with Gasteiger partial charge in [0.15, 0.2) is 0 Å². The van der Waals surface area contributed by atoms with Gasteiger partial charge in [0.2, 0.25) is 0 Å². The molecule has 0 amide bonds. The van der Waals surface area contributed by atoms with Crippen molar-refractivity contribution in [2.45, 2.75) is 56.9 Å². The number of nitrogens with two attached hydrogens (primary N) is 1. The van der Waals surface area contributed by atoms with Crippen molar-refractivity contribution in [1.29, 1.82) is 0 Å². The van der Waals surface area contributed by atoms with Crippen LogP contribution in [0, 0.1) is 11.7 Å². The van der Waals surface area contributed by atoms with Crippen LogP contribution in [0.2, 0.25) is 0 Å². The highest BCUT2D eigenvalue weighted by molar-refractivity contribution is 5.40. The summed E-state index contributed by atoms with van der Waals surface area (Å²) in [6, 6.07) is 4.82. The Bertz CT molecular complexity index is 464. The van der Waals surface area contributed by atoms with Gasteiger partial charge in [-0.25, -0.2) is 4.39 Å². The van der Waals surface area contributed by atoms with E-state index in [1.165, 1.54) is 31.7 Å². The molecule has 0 bridgehead atoms. The largest absolute Gasteiger partial charge is 0.493 e. The van der Waals surface area contributed by atoms with E-state index < -0.39 is 5.54 Å². The van der Waals surface area contributed by atoms with Crippen LogP contribution >= 0.6 is 0 Å². The summed E-state index contributed by atoms with van der Waals surface area (Å²) in [6.45, 7) is 0.745. The molecule has 3 heteroatoms. The normalized spacial score (nSPS) is 22.3. The van der Waals surface area contributed by atoms with Gasteiger partial charge in [-0.2, -0.15) is 0 Å². The van der Waals surface area contributed by atoms with Crippen molar-refractivity contribution >= 4 is 0 Å². The first kappa shape index (κ1) is 13.9. The molecule has 0 aromatic heterocycles. The summed E-state index contributed by atoms with van der Waals surface area (Å²) in [4.78, 5) is 0. The molecule has 2 aliphatic rings. The summed E-state index contributed by atoms with van der Waals surface area (Å²) in [5.41, 5.74) is 7.02. The van der Waals surface area contributed by atoms with Crippen LogP contribution in [0.5, 0.6) is 5.75 Å². The highest BCUT2D eigenvalue weighted by atomic mass is 19.1. The van der Waals surface area contributed by atoms with Crippen molar-refractivity contribution in [3.63, 3.8) is 0 Å². The third-order valence-corrected chi connectivity index (χ3v) is 4.92. The van der Waals surface area contributed by atoms with Gasteiger partial charge in [0.25, 0.3) is 0 Å². The van der Waals surface area contributed by atoms with Gasteiger partial charge in [0.05, 0.1) is 6.61 Å². The SMILES string of the molecule is NC1(c2cc(F)ccc2OCC2CCC2)CCCCC1. The molecule has 0 radical (unpaired) electrons. The molecule has 2 aliphatic carbocycles. The molecule has 1 aromatic carbocycles. The van der Waals surface area contributed by atoms with E-state index in [-0.39, 0.29) is 5.82 Å². The Hall–Kier alpha value is -1.09. The highest BCUT2D eigenvalue weighted by Gasteiger charge is 2.33. The Labute approximate surface area is 120 Å². The first-order valence-corrected chi connectivity index (χ1v) is 7.89. The van der Waals surface area contributed by atoms with Crippen LogP contribution in [-0.2, 0) is 5.54 Å². The number of rotatable bonds is 4. The summed E-state index contributed by atoms with van der Waals surface area (Å²) in [6.07, 6.45) is 9.14. The van der Waals surface area contributed by atoms with E-state index in [4.69, 9.17) is 10.5 Å². The zero-order valence-corrected chi connectivity index (χ0v) is 12.0. The van der Waals surface area contributed by atoms with Crippen molar-refractivity contribution in [2.24, 2.45) is 11.7 Å².